The number of aliphatic carboxylic acids is 1. The number of esters is 1. The van der Waals surface area contributed by atoms with Crippen LogP contribution in [0.5, 0.6) is 0 Å². The Balaban J connectivity index is 2.60. The molecule has 2 aromatic rings. The number of hydrogen-bond acceptors (Lipinski definition) is 4. The van der Waals surface area contributed by atoms with Crippen LogP contribution in [0.4, 0.5) is 0 Å². The molecule has 0 spiro atoms. The number of methoxy groups -OCH3 is 1. The van der Waals surface area contributed by atoms with Gasteiger partial charge in [-0.05, 0) is 26.0 Å². The second kappa shape index (κ2) is 5.67. The third-order valence-electron chi connectivity index (χ3n) is 3.51. The Morgan fingerprint density at radius 1 is 1.18 bits per heavy atom. The van der Waals surface area contributed by atoms with Gasteiger partial charge in [-0.1, -0.05) is 12.1 Å². The summed E-state index contributed by atoms with van der Waals surface area (Å²) in [4.78, 5) is 35.3. The third-order valence-corrected chi connectivity index (χ3v) is 3.51. The standard InChI is InChI=1S/C15H18N2O5/c1-15(2,13(20)22-3)9-17-11-7-5-4-6-10(11)16(14(17)21)8-12(18)19/h4-7H,8-9H2,1-3H3,(H,18,19). The number of benzene rings is 1. The van der Waals surface area contributed by atoms with Crippen molar-refractivity contribution in [2.24, 2.45) is 5.41 Å². The number of imidazole rings is 1. The number of carboxylic acids is 1. The first-order valence-electron chi connectivity index (χ1n) is 6.76. The summed E-state index contributed by atoms with van der Waals surface area (Å²) < 4.78 is 7.35. The number of nitrogens with zero attached hydrogens (tertiary/aromatic N) is 2. The fraction of sp³-hybridized carbons (Fsp3) is 0.400. The van der Waals surface area contributed by atoms with Crippen LogP contribution < -0.4 is 5.69 Å². The van der Waals surface area contributed by atoms with Crippen LogP contribution in [0.1, 0.15) is 13.8 Å². The van der Waals surface area contributed by atoms with Crippen LogP contribution in [0.2, 0.25) is 0 Å². The summed E-state index contributed by atoms with van der Waals surface area (Å²) in [6.07, 6.45) is 0. The molecule has 0 unspecified atom stereocenters. The van der Waals surface area contributed by atoms with Gasteiger partial charge in [0.05, 0.1) is 23.6 Å². The lowest BCUT2D eigenvalue weighted by Crippen LogP contribution is -2.36. The van der Waals surface area contributed by atoms with E-state index in [9.17, 15) is 14.4 Å². The molecule has 0 amide bonds. The summed E-state index contributed by atoms with van der Waals surface area (Å²) in [6.45, 7) is 3.03. The summed E-state index contributed by atoms with van der Waals surface area (Å²) >= 11 is 0. The van der Waals surface area contributed by atoms with E-state index in [1.165, 1.54) is 16.2 Å². The van der Waals surface area contributed by atoms with Gasteiger partial charge in [-0.25, -0.2) is 4.79 Å². The number of aromatic nitrogens is 2. The minimum Gasteiger partial charge on any atom is -0.480 e. The number of ether oxygens (including phenoxy) is 1. The average Bonchev–Trinajstić information content (AvgIpc) is 2.71. The third kappa shape index (κ3) is 2.74. The van der Waals surface area contributed by atoms with Gasteiger partial charge in [-0.3, -0.25) is 18.7 Å². The van der Waals surface area contributed by atoms with Crippen LogP contribution in [-0.4, -0.2) is 33.3 Å². The second-order valence-electron chi connectivity index (χ2n) is 5.71. The zero-order valence-corrected chi connectivity index (χ0v) is 12.7. The number of rotatable bonds is 5. The Morgan fingerprint density at radius 3 is 2.23 bits per heavy atom. The van der Waals surface area contributed by atoms with E-state index in [4.69, 9.17) is 9.84 Å². The van der Waals surface area contributed by atoms with Crippen molar-refractivity contribution >= 4 is 23.0 Å². The van der Waals surface area contributed by atoms with Crippen molar-refractivity contribution in [3.05, 3.63) is 34.7 Å². The zero-order valence-electron chi connectivity index (χ0n) is 12.7. The molecule has 0 aliphatic rings. The van der Waals surface area contributed by atoms with Gasteiger partial charge in [-0.2, -0.15) is 0 Å². The molecule has 0 saturated heterocycles. The maximum Gasteiger partial charge on any atom is 0.329 e. The van der Waals surface area contributed by atoms with Gasteiger partial charge in [-0.15, -0.1) is 0 Å². The summed E-state index contributed by atoms with van der Waals surface area (Å²) in [5.74, 6) is -1.54. The monoisotopic (exact) mass is 306 g/mol. The van der Waals surface area contributed by atoms with Gasteiger partial charge < -0.3 is 9.84 Å². The Morgan fingerprint density at radius 2 is 1.73 bits per heavy atom. The van der Waals surface area contributed by atoms with Crippen molar-refractivity contribution < 1.29 is 19.4 Å². The molecule has 1 heterocycles. The number of fused-ring (bicyclic) bond motifs is 1. The van der Waals surface area contributed by atoms with Crippen LogP contribution in [0.3, 0.4) is 0 Å². The molecular formula is C15H18N2O5. The molecule has 0 fully saturated rings. The van der Waals surface area contributed by atoms with E-state index < -0.39 is 29.6 Å². The van der Waals surface area contributed by atoms with Crippen molar-refractivity contribution in [1.82, 2.24) is 9.13 Å². The van der Waals surface area contributed by atoms with E-state index in [0.717, 1.165) is 0 Å². The summed E-state index contributed by atoms with van der Waals surface area (Å²) in [5.41, 5.74) is -0.251. The van der Waals surface area contributed by atoms with Crippen LogP contribution >= 0.6 is 0 Å². The smallest absolute Gasteiger partial charge is 0.329 e. The minimum atomic E-state index is -1.10. The summed E-state index contributed by atoms with van der Waals surface area (Å²) in [5, 5.41) is 8.98. The van der Waals surface area contributed by atoms with E-state index in [1.807, 2.05) is 0 Å². The molecule has 1 aromatic heterocycles. The lowest BCUT2D eigenvalue weighted by molar-refractivity contribution is -0.151. The summed E-state index contributed by atoms with van der Waals surface area (Å²) in [7, 11) is 1.29. The van der Waals surface area contributed by atoms with Crippen LogP contribution in [-0.2, 0) is 27.4 Å². The predicted molar refractivity (Wildman–Crippen MR) is 79.6 cm³/mol. The van der Waals surface area contributed by atoms with Gasteiger partial charge in [0.1, 0.15) is 6.54 Å². The van der Waals surface area contributed by atoms with Gasteiger partial charge in [0.2, 0.25) is 0 Å². The number of carbonyl (C=O) groups excluding carboxylic acids is 1. The number of carbonyl (C=O) groups is 2. The molecule has 0 radical (unpaired) electrons. The van der Waals surface area contributed by atoms with Crippen molar-refractivity contribution in [1.29, 1.82) is 0 Å². The van der Waals surface area contributed by atoms with E-state index in [2.05, 4.69) is 0 Å². The van der Waals surface area contributed by atoms with Crippen molar-refractivity contribution in [3.8, 4) is 0 Å². The normalized spacial score (nSPS) is 11.6. The molecule has 0 aliphatic carbocycles. The van der Waals surface area contributed by atoms with Crippen LogP contribution in [0.15, 0.2) is 29.1 Å². The lowest BCUT2D eigenvalue weighted by atomic mass is 9.93. The maximum absolute atomic E-state index is 12.5. The quantitative estimate of drug-likeness (QED) is 0.835. The van der Waals surface area contributed by atoms with Crippen molar-refractivity contribution in [2.45, 2.75) is 26.9 Å². The molecule has 0 saturated carbocycles. The highest BCUT2D eigenvalue weighted by Gasteiger charge is 2.31. The molecule has 2 rings (SSSR count). The first kappa shape index (κ1) is 15.8. The first-order chi connectivity index (χ1) is 10.3. The number of carboxylic acid groups (broad SMARTS) is 1. The first-order valence-corrected chi connectivity index (χ1v) is 6.76. The number of hydrogen-bond donors (Lipinski definition) is 1. The molecule has 1 N–H and O–H groups in total. The highest BCUT2D eigenvalue weighted by molar-refractivity contribution is 5.79. The zero-order chi connectivity index (χ0) is 16.5. The Kier molecular flexibility index (Phi) is 4.07. The van der Waals surface area contributed by atoms with E-state index >= 15 is 0 Å². The molecule has 7 heteroatoms. The highest BCUT2D eigenvalue weighted by Crippen LogP contribution is 2.22. The average molecular weight is 306 g/mol. The molecule has 118 valence electrons. The van der Waals surface area contributed by atoms with Gasteiger partial charge in [0.25, 0.3) is 0 Å². The fourth-order valence-corrected chi connectivity index (χ4v) is 2.45. The molecule has 22 heavy (non-hydrogen) atoms. The Hall–Kier alpha value is -2.57. The Labute approximate surface area is 126 Å². The molecule has 0 atom stereocenters. The maximum atomic E-state index is 12.5. The topological polar surface area (TPSA) is 90.5 Å². The SMILES string of the molecule is COC(=O)C(C)(C)Cn1c(=O)n(CC(=O)O)c2ccccc21. The largest absolute Gasteiger partial charge is 0.480 e. The minimum absolute atomic E-state index is 0.103. The van der Waals surface area contributed by atoms with Crippen molar-refractivity contribution in [3.63, 3.8) is 0 Å². The molecule has 0 aliphatic heterocycles. The van der Waals surface area contributed by atoms with Gasteiger partial charge in [0.15, 0.2) is 0 Å². The lowest BCUT2D eigenvalue weighted by Gasteiger charge is -2.21. The van der Waals surface area contributed by atoms with Gasteiger partial charge >= 0.3 is 17.6 Å². The van der Waals surface area contributed by atoms with E-state index in [1.54, 1.807) is 38.1 Å². The molecular weight excluding hydrogens is 288 g/mol. The van der Waals surface area contributed by atoms with Crippen molar-refractivity contribution in [2.75, 3.05) is 7.11 Å². The fourth-order valence-electron chi connectivity index (χ4n) is 2.45. The second-order valence-corrected chi connectivity index (χ2v) is 5.71. The number of para-hydroxylation sites is 2. The van der Waals surface area contributed by atoms with Crippen LogP contribution in [0.25, 0.3) is 11.0 Å². The summed E-state index contributed by atoms with van der Waals surface area (Å²) in [6, 6.07) is 6.90. The van der Waals surface area contributed by atoms with E-state index in [-0.39, 0.29) is 6.54 Å². The van der Waals surface area contributed by atoms with Crippen LogP contribution in [0, 0.1) is 5.41 Å². The molecule has 1 aromatic carbocycles. The molecule has 0 bridgehead atoms. The highest BCUT2D eigenvalue weighted by atomic mass is 16.5. The molecule has 7 nitrogen and oxygen atoms in total. The van der Waals surface area contributed by atoms with Gasteiger partial charge in [0, 0.05) is 6.54 Å². The van der Waals surface area contributed by atoms with E-state index in [0.29, 0.717) is 11.0 Å². The predicted octanol–water partition coefficient (Wildman–Crippen LogP) is 1.09. The Bertz CT molecular complexity index is 785.